The molecule has 0 amide bonds. The number of halogens is 3. The molecule has 2 aromatic heterocycles. The second-order valence-electron chi connectivity index (χ2n) is 5.42. The van der Waals surface area contributed by atoms with Gasteiger partial charge in [0.05, 0.1) is 22.0 Å². The summed E-state index contributed by atoms with van der Waals surface area (Å²) in [4.78, 5) is 16.7. The van der Waals surface area contributed by atoms with Crippen molar-refractivity contribution < 1.29 is 4.42 Å². The Morgan fingerprint density at radius 3 is 2.58 bits per heavy atom. The Kier molecular flexibility index (Phi) is 4.63. The van der Waals surface area contributed by atoms with Crippen LogP contribution >= 0.6 is 46.1 Å². The lowest BCUT2D eigenvalue weighted by atomic mass is 10.1. The molecule has 0 radical (unpaired) electrons. The number of nitrogens with zero attached hydrogens (tertiary/aromatic N) is 1. The standard InChI is InChI=1S/C18H9Cl3N2O2S/c19-10-2-4-16-9(5-10)6-12(17(24)25-16)15-8-26-18(23-15)22-14-3-1-11(20)7-13(14)21/h1-8H,(H,22,23). The summed E-state index contributed by atoms with van der Waals surface area (Å²) < 4.78 is 5.36. The molecule has 0 unspecified atom stereocenters. The monoisotopic (exact) mass is 422 g/mol. The minimum Gasteiger partial charge on any atom is -0.422 e. The summed E-state index contributed by atoms with van der Waals surface area (Å²) >= 11 is 19.4. The first-order chi connectivity index (χ1) is 12.5. The molecule has 8 heteroatoms. The summed E-state index contributed by atoms with van der Waals surface area (Å²) in [5, 5.41) is 7.81. The van der Waals surface area contributed by atoms with E-state index in [-0.39, 0.29) is 0 Å². The molecular formula is C18H9Cl3N2O2S. The van der Waals surface area contributed by atoms with Gasteiger partial charge >= 0.3 is 5.63 Å². The number of hydrogen-bond donors (Lipinski definition) is 1. The number of thiazole rings is 1. The van der Waals surface area contributed by atoms with Gasteiger partial charge in [-0.3, -0.25) is 0 Å². The van der Waals surface area contributed by atoms with Crippen molar-refractivity contribution >= 4 is 67.9 Å². The lowest BCUT2D eigenvalue weighted by Crippen LogP contribution is -2.03. The Morgan fingerprint density at radius 1 is 1.00 bits per heavy atom. The van der Waals surface area contributed by atoms with Gasteiger partial charge in [0.1, 0.15) is 5.58 Å². The molecule has 130 valence electrons. The fourth-order valence-corrected chi connectivity index (χ4v) is 3.79. The SMILES string of the molecule is O=c1oc2ccc(Cl)cc2cc1-c1csc(Nc2ccc(Cl)cc2Cl)n1. The van der Waals surface area contributed by atoms with E-state index in [9.17, 15) is 4.79 Å². The lowest BCUT2D eigenvalue weighted by Gasteiger charge is -2.05. The van der Waals surface area contributed by atoms with Gasteiger partial charge in [-0.25, -0.2) is 9.78 Å². The summed E-state index contributed by atoms with van der Waals surface area (Å²) in [7, 11) is 0. The van der Waals surface area contributed by atoms with Crippen LogP contribution in [0.5, 0.6) is 0 Å². The van der Waals surface area contributed by atoms with E-state index in [1.165, 1.54) is 11.3 Å². The van der Waals surface area contributed by atoms with Gasteiger partial charge in [0.15, 0.2) is 5.13 Å². The molecule has 0 fully saturated rings. The van der Waals surface area contributed by atoms with Gasteiger partial charge in [-0.15, -0.1) is 11.3 Å². The minimum atomic E-state index is -0.457. The third kappa shape index (κ3) is 3.44. The summed E-state index contributed by atoms with van der Waals surface area (Å²) in [6.07, 6.45) is 0. The fraction of sp³-hybridized carbons (Fsp3) is 0. The average molecular weight is 424 g/mol. The van der Waals surface area contributed by atoms with Crippen LogP contribution in [0.15, 0.2) is 57.1 Å². The van der Waals surface area contributed by atoms with Crippen LogP contribution in [0.1, 0.15) is 0 Å². The molecule has 4 nitrogen and oxygen atoms in total. The Morgan fingerprint density at radius 2 is 1.77 bits per heavy atom. The highest BCUT2D eigenvalue weighted by atomic mass is 35.5. The van der Waals surface area contributed by atoms with Gasteiger partial charge < -0.3 is 9.73 Å². The van der Waals surface area contributed by atoms with Crippen LogP contribution in [0, 0.1) is 0 Å². The van der Waals surface area contributed by atoms with E-state index in [1.807, 2.05) is 0 Å². The zero-order valence-electron chi connectivity index (χ0n) is 12.9. The highest BCUT2D eigenvalue weighted by Gasteiger charge is 2.13. The molecule has 4 aromatic rings. The van der Waals surface area contributed by atoms with Gasteiger partial charge in [-0.1, -0.05) is 34.8 Å². The second-order valence-corrected chi connectivity index (χ2v) is 7.55. The normalized spacial score (nSPS) is 11.0. The maximum atomic E-state index is 12.3. The molecular weight excluding hydrogens is 415 g/mol. The molecule has 26 heavy (non-hydrogen) atoms. The predicted octanol–water partition coefficient (Wildman–Crippen LogP) is 6.62. The fourth-order valence-electron chi connectivity index (χ4n) is 2.43. The summed E-state index contributed by atoms with van der Waals surface area (Å²) in [5.74, 6) is 0. The number of rotatable bonds is 3. The van der Waals surface area contributed by atoms with Crippen LogP contribution < -0.4 is 10.9 Å². The highest BCUT2D eigenvalue weighted by Crippen LogP contribution is 2.31. The smallest absolute Gasteiger partial charge is 0.345 e. The third-order valence-electron chi connectivity index (χ3n) is 3.65. The first-order valence-corrected chi connectivity index (χ1v) is 9.42. The zero-order valence-corrected chi connectivity index (χ0v) is 16.0. The summed E-state index contributed by atoms with van der Waals surface area (Å²) in [5.41, 5.74) is 1.57. The van der Waals surface area contributed by atoms with E-state index in [1.54, 1.807) is 47.8 Å². The van der Waals surface area contributed by atoms with Gasteiger partial charge in [-0.05, 0) is 42.5 Å². The van der Waals surface area contributed by atoms with Crippen LogP contribution in [0.2, 0.25) is 15.1 Å². The van der Waals surface area contributed by atoms with E-state index in [0.29, 0.717) is 42.7 Å². The summed E-state index contributed by atoms with van der Waals surface area (Å²) in [6, 6.07) is 11.9. The molecule has 2 heterocycles. The third-order valence-corrected chi connectivity index (χ3v) is 5.19. The van der Waals surface area contributed by atoms with Crippen molar-refractivity contribution in [1.29, 1.82) is 0 Å². The molecule has 0 aliphatic carbocycles. The van der Waals surface area contributed by atoms with Crippen LogP contribution in [0.25, 0.3) is 22.2 Å². The molecule has 0 aliphatic rings. The van der Waals surface area contributed by atoms with Crippen LogP contribution in [0.4, 0.5) is 10.8 Å². The Balaban J connectivity index is 1.70. The highest BCUT2D eigenvalue weighted by molar-refractivity contribution is 7.14. The topological polar surface area (TPSA) is 55.1 Å². The number of fused-ring (bicyclic) bond motifs is 1. The number of aromatic nitrogens is 1. The van der Waals surface area contributed by atoms with Crippen LogP contribution in [-0.4, -0.2) is 4.98 Å². The van der Waals surface area contributed by atoms with Crippen molar-refractivity contribution in [2.24, 2.45) is 0 Å². The zero-order chi connectivity index (χ0) is 18.3. The quantitative estimate of drug-likeness (QED) is 0.376. The Hall–Kier alpha value is -2.05. The molecule has 0 aliphatic heterocycles. The Labute approximate surface area is 167 Å². The number of anilines is 2. The molecule has 0 atom stereocenters. The lowest BCUT2D eigenvalue weighted by molar-refractivity contribution is 0.563. The molecule has 1 N–H and O–H groups in total. The van der Waals surface area contributed by atoms with Crippen molar-refractivity contribution in [1.82, 2.24) is 4.98 Å². The average Bonchev–Trinajstić information content (AvgIpc) is 3.05. The summed E-state index contributed by atoms with van der Waals surface area (Å²) in [6.45, 7) is 0. The second kappa shape index (κ2) is 6.93. The number of benzene rings is 2. The molecule has 4 rings (SSSR count). The van der Waals surface area contributed by atoms with Crippen molar-refractivity contribution in [2.45, 2.75) is 0 Å². The number of nitrogens with one attached hydrogen (secondary N) is 1. The maximum Gasteiger partial charge on any atom is 0.345 e. The van der Waals surface area contributed by atoms with E-state index in [2.05, 4.69) is 10.3 Å². The largest absolute Gasteiger partial charge is 0.422 e. The van der Waals surface area contributed by atoms with E-state index < -0.39 is 5.63 Å². The van der Waals surface area contributed by atoms with Gasteiger partial charge in [0.2, 0.25) is 0 Å². The van der Waals surface area contributed by atoms with E-state index >= 15 is 0 Å². The molecule has 0 saturated carbocycles. The maximum absolute atomic E-state index is 12.3. The van der Waals surface area contributed by atoms with Gasteiger partial charge in [-0.2, -0.15) is 0 Å². The van der Waals surface area contributed by atoms with Gasteiger partial charge in [0, 0.05) is 20.8 Å². The first-order valence-electron chi connectivity index (χ1n) is 7.41. The Bertz CT molecular complexity index is 1190. The minimum absolute atomic E-state index is 0.367. The van der Waals surface area contributed by atoms with Crippen molar-refractivity contribution in [3.05, 3.63) is 73.3 Å². The van der Waals surface area contributed by atoms with Crippen molar-refractivity contribution in [3.63, 3.8) is 0 Å². The van der Waals surface area contributed by atoms with Crippen LogP contribution in [-0.2, 0) is 0 Å². The van der Waals surface area contributed by atoms with Crippen molar-refractivity contribution in [2.75, 3.05) is 5.32 Å². The van der Waals surface area contributed by atoms with Gasteiger partial charge in [0.25, 0.3) is 0 Å². The van der Waals surface area contributed by atoms with E-state index in [0.717, 1.165) is 5.39 Å². The van der Waals surface area contributed by atoms with Crippen LogP contribution in [0.3, 0.4) is 0 Å². The van der Waals surface area contributed by atoms with Crippen molar-refractivity contribution in [3.8, 4) is 11.3 Å². The predicted molar refractivity (Wildman–Crippen MR) is 108 cm³/mol. The molecule has 0 saturated heterocycles. The molecule has 2 aromatic carbocycles. The first kappa shape index (κ1) is 17.4. The number of hydrogen-bond acceptors (Lipinski definition) is 5. The van der Waals surface area contributed by atoms with E-state index in [4.69, 9.17) is 39.2 Å². The molecule has 0 spiro atoms. The molecule has 0 bridgehead atoms.